The van der Waals surface area contributed by atoms with Gasteiger partial charge in [0.2, 0.25) is 5.88 Å². The molecule has 0 fully saturated rings. The highest BCUT2D eigenvalue weighted by atomic mass is 35.5. The summed E-state index contributed by atoms with van der Waals surface area (Å²) in [6.45, 7) is 8.36. The first-order valence-corrected chi connectivity index (χ1v) is 11.7. The van der Waals surface area contributed by atoms with Gasteiger partial charge >= 0.3 is 0 Å². The number of pyridine rings is 1. The van der Waals surface area contributed by atoms with Gasteiger partial charge in [-0.05, 0) is 72.0 Å². The van der Waals surface area contributed by atoms with Crippen molar-refractivity contribution in [1.82, 2.24) is 4.98 Å². The molecular weight excluding hydrogens is 446 g/mol. The number of halogens is 1. The molecule has 4 aromatic rings. The molecule has 0 aliphatic carbocycles. The second-order valence-corrected chi connectivity index (χ2v) is 9.17. The molecule has 0 bridgehead atoms. The first-order chi connectivity index (χ1) is 16.3. The Bertz CT molecular complexity index is 1280. The number of nitrogens with zero attached hydrogens (tertiary/aromatic N) is 1. The summed E-state index contributed by atoms with van der Waals surface area (Å²) in [4.78, 5) is 4.50. The molecule has 0 radical (unpaired) electrons. The van der Waals surface area contributed by atoms with Gasteiger partial charge < -0.3 is 14.6 Å². The average Bonchev–Trinajstić information content (AvgIpc) is 2.82. The van der Waals surface area contributed by atoms with Gasteiger partial charge in [-0.15, -0.1) is 0 Å². The van der Waals surface area contributed by atoms with Gasteiger partial charge in [0.1, 0.15) is 23.0 Å². The molecule has 0 saturated carbocycles. The van der Waals surface area contributed by atoms with Crippen molar-refractivity contribution in [2.45, 2.75) is 39.5 Å². The highest BCUT2D eigenvalue weighted by Crippen LogP contribution is 2.47. The minimum Gasteiger partial charge on any atom is -0.508 e. The van der Waals surface area contributed by atoms with Gasteiger partial charge in [0.15, 0.2) is 0 Å². The maximum absolute atomic E-state index is 10.8. The third-order valence-corrected chi connectivity index (χ3v) is 5.84. The lowest BCUT2D eigenvalue weighted by Crippen LogP contribution is -2.01. The van der Waals surface area contributed by atoms with Crippen molar-refractivity contribution in [2.75, 3.05) is 0 Å². The number of phenols is 1. The third kappa shape index (κ3) is 5.02. The van der Waals surface area contributed by atoms with E-state index in [1.54, 1.807) is 42.6 Å². The SMILES string of the molecule is CC(C)c1ccccc1Oc1ccc(O)c(C(C)C)c1-c1cccnc1Oc1ccc(Cl)cc1. The van der Waals surface area contributed by atoms with Crippen LogP contribution in [0.15, 0.2) is 79.0 Å². The van der Waals surface area contributed by atoms with E-state index in [2.05, 4.69) is 24.9 Å². The summed E-state index contributed by atoms with van der Waals surface area (Å²) in [5.74, 6) is 2.97. The standard InChI is InChI=1S/C29H28ClNO3/c1-18(2)22-8-5-6-10-25(22)34-26-16-15-24(32)27(19(3)4)28(26)23-9-7-17-31-29(23)33-21-13-11-20(30)12-14-21/h5-19,32H,1-4H3. The second-order valence-electron chi connectivity index (χ2n) is 8.73. The topological polar surface area (TPSA) is 51.6 Å². The number of ether oxygens (including phenoxy) is 2. The zero-order valence-corrected chi connectivity index (χ0v) is 20.5. The Balaban J connectivity index is 1.88. The molecule has 0 aliphatic rings. The molecular formula is C29H28ClNO3. The number of rotatable bonds is 7. The largest absolute Gasteiger partial charge is 0.508 e. The van der Waals surface area contributed by atoms with Crippen LogP contribution in [0.1, 0.15) is 50.7 Å². The highest BCUT2D eigenvalue weighted by molar-refractivity contribution is 6.30. The van der Waals surface area contributed by atoms with Crippen LogP contribution in [0.4, 0.5) is 0 Å². The van der Waals surface area contributed by atoms with Crippen molar-refractivity contribution in [3.63, 3.8) is 0 Å². The molecule has 174 valence electrons. The predicted molar refractivity (Wildman–Crippen MR) is 138 cm³/mol. The molecule has 0 unspecified atom stereocenters. The lowest BCUT2D eigenvalue weighted by Gasteiger charge is -2.22. The molecule has 0 saturated heterocycles. The Morgan fingerprint density at radius 2 is 1.50 bits per heavy atom. The summed E-state index contributed by atoms with van der Waals surface area (Å²) in [7, 11) is 0. The predicted octanol–water partition coefficient (Wildman–Crippen LogP) is 8.94. The molecule has 0 amide bonds. The van der Waals surface area contributed by atoms with Crippen molar-refractivity contribution in [1.29, 1.82) is 0 Å². The fourth-order valence-electron chi connectivity index (χ4n) is 3.98. The fourth-order valence-corrected chi connectivity index (χ4v) is 4.11. The third-order valence-electron chi connectivity index (χ3n) is 5.59. The summed E-state index contributed by atoms with van der Waals surface area (Å²) >= 11 is 6.03. The van der Waals surface area contributed by atoms with Crippen molar-refractivity contribution >= 4 is 11.6 Å². The summed E-state index contributed by atoms with van der Waals surface area (Å²) < 4.78 is 12.7. The van der Waals surface area contributed by atoms with Crippen LogP contribution in [0.25, 0.3) is 11.1 Å². The first-order valence-electron chi connectivity index (χ1n) is 11.4. The Hall–Kier alpha value is -3.50. The van der Waals surface area contributed by atoms with Crippen molar-refractivity contribution in [3.8, 4) is 40.0 Å². The molecule has 4 nitrogen and oxygen atoms in total. The smallest absolute Gasteiger partial charge is 0.227 e. The van der Waals surface area contributed by atoms with E-state index in [1.165, 1.54) is 0 Å². The van der Waals surface area contributed by atoms with Crippen LogP contribution in [-0.4, -0.2) is 10.1 Å². The molecule has 1 aromatic heterocycles. The number of para-hydroxylation sites is 1. The van der Waals surface area contributed by atoms with E-state index in [9.17, 15) is 5.11 Å². The van der Waals surface area contributed by atoms with E-state index in [4.69, 9.17) is 21.1 Å². The highest BCUT2D eigenvalue weighted by Gasteiger charge is 2.23. The molecule has 0 atom stereocenters. The van der Waals surface area contributed by atoms with Crippen LogP contribution in [0.5, 0.6) is 28.9 Å². The van der Waals surface area contributed by atoms with Crippen LogP contribution in [-0.2, 0) is 0 Å². The quantitative estimate of drug-likeness (QED) is 0.291. The number of aromatic nitrogens is 1. The Labute approximate surface area is 205 Å². The first kappa shape index (κ1) is 23.7. The zero-order chi connectivity index (χ0) is 24.2. The lowest BCUT2D eigenvalue weighted by molar-refractivity contribution is 0.450. The number of hydrogen-bond donors (Lipinski definition) is 1. The zero-order valence-electron chi connectivity index (χ0n) is 19.7. The average molecular weight is 474 g/mol. The minimum atomic E-state index is 0.0301. The van der Waals surface area contributed by atoms with E-state index in [0.29, 0.717) is 28.3 Å². The molecule has 0 aliphatic heterocycles. The fraction of sp³-hybridized carbons (Fsp3) is 0.207. The normalized spacial score (nSPS) is 11.1. The maximum Gasteiger partial charge on any atom is 0.227 e. The van der Waals surface area contributed by atoms with E-state index in [-0.39, 0.29) is 11.7 Å². The van der Waals surface area contributed by atoms with Crippen molar-refractivity contribution in [2.24, 2.45) is 0 Å². The van der Waals surface area contributed by atoms with Crippen LogP contribution in [0, 0.1) is 0 Å². The van der Waals surface area contributed by atoms with E-state index in [0.717, 1.165) is 28.0 Å². The summed E-state index contributed by atoms with van der Waals surface area (Å²) in [6, 6.07) is 22.4. The van der Waals surface area contributed by atoms with Gasteiger partial charge in [0, 0.05) is 27.9 Å². The number of phenolic OH excluding ortho intramolecular Hbond substituents is 1. The van der Waals surface area contributed by atoms with Crippen molar-refractivity contribution < 1.29 is 14.6 Å². The monoisotopic (exact) mass is 473 g/mol. The van der Waals surface area contributed by atoms with Crippen LogP contribution in [0.3, 0.4) is 0 Å². The Morgan fingerprint density at radius 1 is 0.765 bits per heavy atom. The number of benzene rings is 3. The second kappa shape index (κ2) is 10.2. The summed E-state index contributed by atoms with van der Waals surface area (Å²) in [5.41, 5.74) is 3.37. The minimum absolute atomic E-state index is 0.0301. The maximum atomic E-state index is 10.8. The molecule has 1 N–H and O–H groups in total. The Kier molecular flexibility index (Phi) is 7.09. The van der Waals surface area contributed by atoms with E-state index >= 15 is 0 Å². The van der Waals surface area contributed by atoms with Gasteiger partial charge in [0.05, 0.1) is 0 Å². The van der Waals surface area contributed by atoms with Crippen LogP contribution in [0.2, 0.25) is 5.02 Å². The van der Waals surface area contributed by atoms with Gasteiger partial charge in [-0.2, -0.15) is 0 Å². The summed E-state index contributed by atoms with van der Waals surface area (Å²) in [5, 5.41) is 11.5. The van der Waals surface area contributed by atoms with Gasteiger partial charge in [-0.1, -0.05) is 57.5 Å². The van der Waals surface area contributed by atoms with Crippen LogP contribution >= 0.6 is 11.6 Å². The van der Waals surface area contributed by atoms with Gasteiger partial charge in [0.25, 0.3) is 0 Å². The van der Waals surface area contributed by atoms with Gasteiger partial charge in [-0.3, -0.25) is 0 Å². The molecule has 34 heavy (non-hydrogen) atoms. The van der Waals surface area contributed by atoms with E-state index < -0.39 is 0 Å². The lowest BCUT2D eigenvalue weighted by atomic mass is 9.91. The molecule has 4 rings (SSSR count). The summed E-state index contributed by atoms with van der Waals surface area (Å²) in [6.07, 6.45) is 1.68. The van der Waals surface area contributed by atoms with Gasteiger partial charge in [-0.25, -0.2) is 4.98 Å². The van der Waals surface area contributed by atoms with E-state index in [1.807, 2.05) is 44.2 Å². The van der Waals surface area contributed by atoms with Crippen LogP contribution < -0.4 is 9.47 Å². The Morgan fingerprint density at radius 3 is 2.21 bits per heavy atom. The van der Waals surface area contributed by atoms with Crippen molar-refractivity contribution in [3.05, 3.63) is 95.1 Å². The molecule has 3 aromatic carbocycles. The number of hydrogen-bond acceptors (Lipinski definition) is 4. The number of aromatic hydroxyl groups is 1. The molecule has 0 spiro atoms. The molecule has 5 heteroatoms. The molecule has 1 heterocycles.